The Kier molecular flexibility index (Phi) is 5.00. The molecule has 0 spiro atoms. The average Bonchev–Trinajstić information content (AvgIpc) is 3.69. The number of benzene rings is 2. The number of fused-ring (bicyclic) bond motifs is 2. The average molecular weight is 513 g/mol. The highest BCUT2D eigenvalue weighted by Gasteiger charge is 2.42. The van der Waals surface area contributed by atoms with Gasteiger partial charge in [0.05, 0.1) is 17.8 Å². The van der Waals surface area contributed by atoms with Crippen LogP contribution in [0.3, 0.4) is 0 Å². The molecule has 0 bridgehead atoms. The van der Waals surface area contributed by atoms with Crippen LogP contribution in [0.2, 0.25) is 0 Å². The van der Waals surface area contributed by atoms with Gasteiger partial charge in [0.25, 0.3) is 0 Å². The Balaban J connectivity index is 1.37. The molecule has 0 amide bonds. The van der Waals surface area contributed by atoms with Gasteiger partial charge in [0, 0.05) is 41.1 Å². The summed E-state index contributed by atoms with van der Waals surface area (Å²) in [6.07, 6.45) is 1.82. The molecule has 9 heteroatoms. The molecule has 0 unspecified atom stereocenters. The Morgan fingerprint density at radius 2 is 1.51 bits per heavy atom. The molecule has 186 valence electrons. The van der Waals surface area contributed by atoms with Crippen molar-refractivity contribution in [3.05, 3.63) is 89.5 Å². The van der Waals surface area contributed by atoms with Gasteiger partial charge in [0.2, 0.25) is 13.6 Å². The maximum absolute atomic E-state index is 5.91. The molecule has 1 N–H and O–H groups in total. The van der Waals surface area contributed by atoms with E-state index in [-0.39, 0.29) is 25.7 Å². The second-order valence-electron chi connectivity index (χ2n) is 9.23. The SMILES string of the molecule is Cc1cc([C@H]2[C@H](c3ccccn3)NC(=S)N2c2ccc3c(c2)OCO3)c(C)n1-c1ccc2c(c1)OCO2. The molecule has 1 saturated heterocycles. The molecule has 8 nitrogen and oxygen atoms in total. The lowest BCUT2D eigenvalue weighted by Crippen LogP contribution is -2.29. The molecule has 0 aliphatic carbocycles. The smallest absolute Gasteiger partial charge is 0.231 e. The molecule has 0 saturated carbocycles. The van der Waals surface area contributed by atoms with Crippen molar-refractivity contribution in [1.82, 2.24) is 14.9 Å². The number of nitrogens with one attached hydrogen (secondary N) is 1. The Labute approximate surface area is 219 Å². The summed E-state index contributed by atoms with van der Waals surface area (Å²) in [4.78, 5) is 6.84. The van der Waals surface area contributed by atoms with Gasteiger partial charge in [-0.2, -0.15) is 0 Å². The largest absolute Gasteiger partial charge is 0.454 e. The highest BCUT2D eigenvalue weighted by molar-refractivity contribution is 7.80. The number of anilines is 1. The lowest BCUT2D eigenvalue weighted by molar-refractivity contribution is 0.173. The van der Waals surface area contributed by atoms with Crippen LogP contribution in [-0.4, -0.2) is 28.2 Å². The number of aromatic nitrogens is 2. The molecule has 3 aliphatic heterocycles. The third-order valence-corrected chi connectivity index (χ3v) is 7.45. The van der Waals surface area contributed by atoms with Crippen LogP contribution in [0.25, 0.3) is 5.69 Å². The third-order valence-electron chi connectivity index (χ3n) is 7.14. The second kappa shape index (κ2) is 8.41. The van der Waals surface area contributed by atoms with Crippen LogP contribution in [0.5, 0.6) is 23.0 Å². The summed E-state index contributed by atoms with van der Waals surface area (Å²) in [5.74, 6) is 2.97. The van der Waals surface area contributed by atoms with Gasteiger partial charge in [0.1, 0.15) is 0 Å². The molecular weight excluding hydrogens is 488 g/mol. The van der Waals surface area contributed by atoms with E-state index in [0.29, 0.717) is 10.9 Å². The lowest BCUT2D eigenvalue weighted by atomic mass is 9.96. The van der Waals surface area contributed by atoms with E-state index in [1.165, 1.54) is 0 Å². The molecule has 2 atom stereocenters. The summed E-state index contributed by atoms with van der Waals surface area (Å²) < 4.78 is 24.6. The molecular formula is C28H24N4O4S. The zero-order valence-corrected chi connectivity index (χ0v) is 21.1. The van der Waals surface area contributed by atoms with E-state index >= 15 is 0 Å². The van der Waals surface area contributed by atoms with Gasteiger partial charge in [-0.25, -0.2) is 0 Å². The number of nitrogens with zero attached hydrogens (tertiary/aromatic N) is 3. The van der Waals surface area contributed by atoms with Crippen LogP contribution < -0.4 is 29.2 Å². The summed E-state index contributed by atoms with van der Waals surface area (Å²) >= 11 is 5.91. The second-order valence-corrected chi connectivity index (χ2v) is 9.62. The molecule has 0 radical (unpaired) electrons. The summed E-state index contributed by atoms with van der Waals surface area (Å²) in [7, 11) is 0. The predicted molar refractivity (Wildman–Crippen MR) is 142 cm³/mol. The molecule has 1 fully saturated rings. The molecule has 2 aromatic heterocycles. The number of pyridine rings is 1. The first-order valence-electron chi connectivity index (χ1n) is 12.1. The normalized spacial score (nSPS) is 19.4. The van der Waals surface area contributed by atoms with Crippen molar-refractivity contribution in [3.8, 4) is 28.7 Å². The molecule has 5 heterocycles. The minimum Gasteiger partial charge on any atom is -0.454 e. The Hall–Kier alpha value is -4.24. The standard InChI is InChI=1S/C28H24N4O4S/c1-16-11-20(17(2)31(16)18-6-8-22-24(12-18)35-14-33-22)27-26(21-5-3-4-10-29-21)30-28(37)32(27)19-7-9-23-25(13-19)36-15-34-23/h3-13,26-27H,14-15H2,1-2H3,(H,30,37)/t26-,27-/m0/s1. The minimum absolute atomic E-state index is 0.142. The summed E-state index contributed by atoms with van der Waals surface area (Å²) in [5.41, 5.74) is 6.23. The Bertz CT molecular complexity index is 1540. The van der Waals surface area contributed by atoms with Crippen LogP contribution in [0.4, 0.5) is 5.69 Å². The maximum Gasteiger partial charge on any atom is 0.231 e. The fraction of sp³-hybridized carbons (Fsp3) is 0.214. The van der Waals surface area contributed by atoms with Gasteiger partial charge in [-0.1, -0.05) is 6.07 Å². The number of rotatable bonds is 4. The van der Waals surface area contributed by atoms with Crippen molar-refractivity contribution in [2.75, 3.05) is 18.5 Å². The number of hydrogen-bond donors (Lipinski definition) is 1. The third kappa shape index (κ3) is 3.49. The van der Waals surface area contributed by atoms with E-state index in [2.05, 4.69) is 45.7 Å². The van der Waals surface area contributed by atoms with Gasteiger partial charge in [0.15, 0.2) is 28.1 Å². The first kappa shape index (κ1) is 22.0. The van der Waals surface area contributed by atoms with Gasteiger partial charge in [-0.15, -0.1) is 0 Å². The highest BCUT2D eigenvalue weighted by atomic mass is 32.1. The van der Waals surface area contributed by atoms with Crippen LogP contribution in [0, 0.1) is 13.8 Å². The molecule has 7 rings (SSSR count). The van der Waals surface area contributed by atoms with Crippen LogP contribution in [0.1, 0.15) is 34.7 Å². The maximum atomic E-state index is 5.91. The zero-order chi connectivity index (χ0) is 25.1. The van der Waals surface area contributed by atoms with Crippen molar-refractivity contribution in [2.24, 2.45) is 0 Å². The number of ether oxygens (including phenoxy) is 4. The van der Waals surface area contributed by atoms with Gasteiger partial charge in [-0.3, -0.25) is 4.98 Å². The van der Waals surface area contributed by atoms with E-state index < -0.39 is 0 Å². The van der Waals surface area contributed by atoms with Crippen LogP contribution in [0.15, 0.2) is 66.9 Å². The quantitative estimate of drug-likeness (QED) is 0.378. The molecule has 3 aliphatic rings. The van der Waals surface area contributed by atoms with Crippen molar-refractivity contribution in [2.45, 2.75) is 25.9 Å². The number of thiocarbonyl (C=S) groups is 1. The summed E-state index contributed by atoms with van der Waals surface area (Å²) in [6, 6.07) is 19.9. The van der Waals surface area contributed by atoms with Crippen molar-refractivity contribution in [1.29, 1.82) is 0 Å². The fourth-order valence-corrected chi connectivity index (χ4v) is 5.84. The van der Waals surface area contributed by atoms with E-state index in [1.54, 1.807) is 0 Å². The topological polar surface area (TPSA) is 70.0 Å². The first-order chi connectivity index (χ1) is 18.1. The van der Waals surface area contributed by atoms with E-state index in [4.69, 9.17) is 31.2 Å². The highest BCUT2D eigenvalue weighted by Crippen LogP contribution is 2.46. The van der Waals surface area contributed by atoms with Gasteiger partial charge >= 0.3 is 0 Å². The molecule has 4 aromatic rings. The van der Waals surface area contributed by atoms with Crippen LogP contribution in [-0.2, 0) is 0 Å². The van der Waals surface area contributed by atoms with Gasteiger partial charge in [-0.05, 0) is 74.1 Å². The van der Waals surface area contributed by atoms with E-state index in [9.17, 15) is 0 Å². The Morgan fingerprint density at radius 3 is 2.22 bits per heavy atom. The monoisotopic (exact) mass is 512 g/mol. The van der Waals surface area contributed by atoms with Crippen molar-refractivity contribution < 1.29 is 18.9 Å². The summed E-state index contributed by atoms with van der Waals surface area (Å²) in [5, 5.41) is 4.17. The Morgan fingerprint density at radius 1 is 0.838 bits per heavy atom. The van der Waals surface area contributed by atoms with Crippen LogP contribution >= 0.6 is 12.2 Å². The number of aryl methyl sites for hydroxylation is 1. The zero-order valence-electron chi connectivity index (χ0n) is 20.3. The minimum atomic E-state index is -0.148. The predicted octanol–water partition coefficient (Wildman–Crippen LogP) is 5.12. The lowest BCUT2D eigenvalue weighted by Gasteiger charge is -2.28. The van der Waals surface area contributed by atoms with Crippen molar-refractivity contribution in [3.63, 3.8) is 0 Å². The fourth-order valence-electron chi connectivity index (χ4n) is 5.49. The molecule has 2 aromatic carbocycles. The van der Waals surface area contributed by atoms with Crippen molar-refractivity contribution >= 4 is 23.0 Å². The molecule has 37 heavy (non-hydrogen) atoms. The van der Waals surface area contributed by atoms with Gasteiger partial charge < -0.3 is 33.7 Å². The van der Waals surface area contributed by atoms with E-state index in [0.717, 1.165) is 51.3 Å². The summed E-state index contributed by atoms with van der Waals surface area (Å²) in [6.45, 7) is 4.72. The first-order valence-corrected chi connectivity index (χ1v) is 12.5. The number of hydrogen-bond acceptors (Lipinski definition) is 6. The van der Waals surface area contributed by atoms with E-state index in [1.807, 2.05) is 54.7 Å².